The number of aromatic nitrogens is 1. The van der Waals surface area contributed by atoms with Crippen LogP contribution in [0.4, 0.5) is 0 Å². The molecule has 8 nitrogen and oxygen atoms in total. The van der Waals surface area contributed by atoms with E-state index >= 15 is 0 Å². The first-order valence-corrected chi connectivity index (χ1v) is 13.2. The van der Waals surface area contributed by atoms with Crippen LogP contribution in [0.2, 0.25) is 0 Å². The molecule has 1 aromatic heterocycles. The van der Waals surface area contributed by atoms with Gasteiger partial charge in [-0.2, -0.15) is 4.73 Å². The predicted octanol–water partition coefficient (Wildman–Crippen LogP) is 3.77. The monoisotopic (exact) mass is 513 g/mol. The topological polar surface area (TPSA) is 123 Å². The highest BCUT2D eigenvalue weighted by atomic mass is 16.6. The number of ether oxygens (including phenoxy) is 2. The van der Waals surface area contributed by atoms with Crippen molar-refractivity contribution in [3.05, 3.63) is 47.3 Å². The average Bonchev–Trinajstić information content (AvgIpc) is 3.49. The zero-order valence-corrected chi connectivity index (χ0v) is 22.3. The maximum atomic E-state index is 13.3. The largest absolute Gasteiger partial charge is 0.618 e. The van der Waals surface area contributed by atoms with Gasteiger partial charge in [0.2, 0.25) is 5.52 Å². The van der Waals surface area contributed by atoms with E-state index in [4.69, 9.17) is 9.47 Å². The van der Waals surface area contributed by atoms with Gasteiger partial charge in [-0.15, -0.1) is 0 Å². The number of carbonyl (C=O) groups is 2. The number of nitrogens with zero attached hydrogens (tertiary/aromatic N) is 1. The second-order valence-electron chi connectivity index (χ2n) is 11.7. The van der Waals surface area contributed by atoms with Gasteiger partial charge in [-0.1, -0.05) is 40.2 Å². The van der Waals surface area contributed by atoms with Gasteiger partial charge in [0.15, 0.2) is 6.20 Å². The Hall–Kier alpha value is -2.55. The number of hydrogen-bond acceptors (Lipinski definition) is 7. The number of hydrogen-bond donors (Lipinski definition) is 2. The molecule has 1 aromatic carbocycles. The smallest absolute Gasteiger partial charge is 0.309 e. The Morgan fingerprint density at radius 1 is 1.11 bits per heavy atom. The maximum absolute atomic E-state index is 13.3. The second-order valence-corrected chi connectivity index (χ2v) is 11.7. The number of Topliss-reactive ketones (excluding diaryl/α,β-unsaturated/α-hetero) is 1. The number of aliphatic hydroxyl groups excluding tert-OH is 2. The van der Waals surface area contributed by atoms with Crippen molar-refractivity contribution in [3.63, 3.8) is 0 Å². The fourth-order valence-electron chi connectivity index (χ4n) is 5.62. The zero-order valence-electron chi connectivity index (χ0n) is 22.3. The lowest BCUT2D eigenvalue weighted by atomic mass is 9.73. The van der Waals surface area contributed by atoms with Gasteiger partial charge in [-0.25, -0.2) is 0 Å². The Morgan fingerprint density at radius 3 is 2.57 bits per heavy atom. The number of pyridine rings is 1. The molecule has 0 saturated carbocycles. The SMILES string of the molecule is CC1CCCC2(C)OC2C[C@@H](c2ccc3ccc[n+]([O-])c3c2)OC(=O)CC(O)C(C)(C)C(=O)C(C)[C@H]1O. The Balaban J connectivity index is 1.64. The molecule has 7 atom stereocenters. The second kappa shape index (κ2) is 10.3. The first kappa shape index (κ1) is 27.5. The highest BCUT2D eigenvalue weighted by Gasteiger charge is 2.53. The van der Waals surface area contributed by atoms with E-state index in [2.05, 4.69) is 0 Å². The summed E-state index contributed by atoms with van der Waals surface area (Å²) < 4.78 is 12.7. The van der Waals surface area contributed by atoms with E-state index in [1.807, 2.05) is 32.0 Å². The molecule has 2 saturated heterocycles. The molecular weight excluding hydrogens is 474 g/mol. The predicted molar refractivity (Wildman–Crippen MR) is 137 cm³/mol. The van der Waals surface area contributed by atoms with Gasteiger partial charge < -0.3 is 24.9 Å². The van der Waals surface area contributed by atoms with E-state index < -0.39 is 35.6 Å². The molecule has 202 valence electrons. The molecule has 0 spiro atoms. The summed E-state index contributed by atoms with van der Waals surface area (Å²) in [5, 5.41) is 34.9. The van der Waals surface area contributed by atoms with Crippen LogP contribution in [0.1, 0.15) is 78.4 Å². The number of fused-ring (bicyclic) bond motifs is 2. The fraction of sp³-hybridized carbons (Fsp3) is 0.621. The van der Waals surface area contributed by atoms with Crippen LogP contribution < -0.4 is 4.73 Å². The van der Waals surface area contributed by atoms with Gasteiger partial charge in [-0.3, -0.25) is 9.59 Å². The van der Waals surface area contributed by atoms with Crippen molar-refractivity contribution >= 4 is 22.7 Å². The third-order valence-corrected chi connectivity index (χ3v) is 8.57. The highest BCUT2D eigenvalue weighted by molar-refractivity contribution is 5.88. The van der Waals surface area contributed by atoms with Crippen molar-refractivity contribution < 1.29 is 34.0 Å². The molecule has 4 rings (SSSR count). The maximum Gasteiger partial charge on any atom is 0.309 e. The summed E-state index contributed by atoms with van der Waals surface area (Å²) in [4.78, 5) is 26.3. The Morgan fingerprint density at radius 2 is 1.84 bits per heavy atom. The average molecular weight is 514 g/mol. The van der Waals surface area contributed by atoms with Gasteiger partial charge in [0.05, 0.1) is 35.7 Å². The van der Waals surface area contributed by atoms with Gasteiger partial charge in [0.25, 0.3) is 0 Å². The summed E-state index contributed by atoms with van der Waals surface area (Å²) in [5.74, 6) is -1.72. The van der Waals surface area contributed by atoms with Crippen molar-refractivity contribution in [3.8, 4) is 0 Å². The van der Waals surface area contributed by atoms with Crippen molar-refractivity contribution in [2.75, 3.05) is 0 Å². The van der Waals surface area contributed by atoms with Crippen molar-refractivity contribution in [2.24, 2.45) is 17.3 Å². The fourth-order valence-corrected chi connectivity index (χ4v) is 5.62. The van der Waals surface area contributed by atoms with Crippen LogP contribution in [-0.4, -0.2) is 45.9 Å². The van der Waals surface area contributed by atoms with E-state index in [-0.39, 0.29) is 29.8 Å². The first-order chi connectivity index (χ1) is 17.3. The van der Waals surface area contributed by atoms with E-state index in [0.29, 0.717) is 17.5 Å². The number of rotatable bonds is 1. The number of aliphatic hydroxyl groups is 2. The minimum Gasteiger partial charge on any atom is -0.618 e. The van der Waals surface area contributed by atoms with Crippen molar-refractivity contribution in [1.29, 1.82) is 0 Å². The molecule has 37 heavy (non-hydrogen) atoms. The molecule has 2 aromatic rings. The van der Waals surface area contributed by atoms with E-state index in [9.17, 15) is 25.0 Å². The van der Waals surface area contributed by atoms with Crippen LogP contribution in [0.5, 0.6) is 0 Å². The molecule has 0 bridgehead atoms. The van der Waals surface area contributed by atoms with Crippen LogP contribution in [0.3, 0.4) is 0 Å². The van der Waals surface area contributed by atoms with Crippen molar-refractivity contribution in [1.82, 2.24) is 0 Å². The number of ketones is 1. The number of cyclic esters (lactones) is 1. The van der Waals surface area contributed by atoms with Crippen LogP contribution >= 0.6 is 0 Å². The summed E-state index contributed by atoms with van der Waals surface area (Å²) in [6.45, 7) is 8.84. The molecule has 2 aliphatic heterocycles. The first-order valence-electron chi connectivity index (χ1n) is 13.2. The van der Waals surface area contributed by atoms with E-state index in [1.54, 1.807) is 32.9 Å². The summed E-state index contributed by atoms with van der Waals surface area (Å²) >= 11 is 0. The lowest BCUT2D eigenvalue weighted by Crippen LogP contribution is -2.45. The highest BCUT2D eigenvalue weighted by Crippen LogP contribution is 2.46. The van der Waals surface area contributed by atoms with Gasteiger partial charge in [0, 0.05) is 29.9 Å². The third kappa shape index (κ3) is 5.66. The molecule has 2 fully saturated rings. The zero-order chi connectivity index (χ0) is 27.1. The van der Waals surface area contributed by atoms with Gasteiger partial charge in [-0.05, 0) is 43.4 Å². The molecule has 3 heterocycles. The Kier molecular flexibility index (Phi) is 7.66. The summed E-state index contributed by atoms with van der Waals surface area (Å²) in [6, 6.07) is 8.91. The van der Waals surface area contributed by atoms with Crippen molar-refractivity contribution in [2.45, 2.75) is 96.7 Å². The lowest BCUT2D eigenvalue weighted by Gasteiger charge is -2.34. The standard InChI is InChI=1S/C29H39NO7/c1-17-8-6-12-29(5)24(37-29)15-22(20-11-10-19-9-7-13-30(35)21(19)14-20)36-25(32)16-23(31)28(3,4)27(34)18(2)26(17)33/h7,9-11,13-14,17-18,22-24,26,31,33H,6,8,12,15-16H2,1-5H3/t17?,18?,22-,23?,24?,26-,29?/m0/s1. The molecule has 2 aliphatic rings. The van der Waals surface area contributed by atoms with Gasteiger partial charge >= 0.3 is 5.97 Å². The minimum absolute atomic E-state index is 0.102. The Bertz CT molecular complexity index is 1160. The lowest BCUT2D eigenvalue weighted by molar-refractivity contribution is -0.577. The van der Waals surface area contributed by atoms with Crippen LogP contribution in [0.15, 0.2) is 36.5 Å². The number of esters is 1. The summed E-state index contributed by atoms with van der Waals surface area (Å²) in [5.41, 5.74) is -0.479. The van der Waals surface area contributed by atoms with E-state index in [0.717, 1.165) is 29.4 Å². The summed E-state index contributed by atoms with van der Waals surface area (Å²) in [7, 11) is 0. The Labute approximate surface area is 218 Å². The van der Waals surface area contributed by atoms with Crippen LogP contribution in [-0.2, 0) is 19.1 Å². The number of benzene rings is 1. The van der Waals surface area contributed by atoms with Crippen LogP contribution in [0, 0.1) is 22.5 Å². The number of epoxide rings is 1. The normalized spacial score (nSPS) is 35.5. The molecular formula is C29H39NO7. The quantitative estimate of drug-likeness (QED) is 0.257. The molecule has 0 amide bonds. The third-order valence-electron chi connectivity index (χ3n) is 8.57. The molecule has 8 heteroatoms. The van der Waals surface area contributed by atoms with E-state index in [1.165, 1.54) is 6.20 Å². The minimum atomic E-state index is -1.28. The summed E-state index contributed by atoms with van der Waals surface area (Å²) in [6.07, 6.45) is 0.853. The molecule has 0 aliphatic carbocycles. The molecule has 5 unspecified atom stereocenters. The molecule has 2 N–H and O–H groups in total. The number of carbonyl (C=O) groups excluding carboxylic acids is 2. The molecule has 0 radical (unpaired) electrons. The van der Waals surface area contributed by atoms with Gasteiger partial charge in [0.1, 0.15) is 11.9 Å². The van der Waals surface area contributed by atoms with Crippen LogP contribution in [0.25, 0.3) is 10.9 Å².